The van der Waals surface area contributed by atoms with Gasteiger partial charge in [-0.2, -0.15) is 0 Å². The number of nitrogens with one attached hydrogen (secondary N) is 2. The smallest absolute Gasteiger partial charge is 0.198 e. The molecule has 0 bridgehead atoms. The summed E-state index contributed by atoms with van der Waals surface area (Å²) in [5, 5.41) is 14.5. The Morgan fingerprint density at radius 2 is 1.81 bits per heavy atom. The van der Waals surface area contributed by atoms with E-state index in [0.717, 1.165) is 54.9 Å². The molecule has 3 rings (SSSR count). The lowest BCUT2D eigenvalue weighted by atomic mass is 10.2. The molecule has 0 atom stereocenters. The first kappa shape index (κ1) is 19.0. The van der Waals surface area contributed by atoms with Crippen LogP contribution in [0.1, 0.15) is 25.8 Å². The molecule has 0 aliphatic carbocycles. The van der Waals surface area contributed by atoms with E-state index in [1.807, 2.05) is 48.5 Å². The fourth-order valence-electron chi connectivity index (χ4n) is 3.16. The number of anilines is 1. The molecule has 3 N–H and O–H groups in total. The maximum absolute atomic E-state index is 10.1. The van der Waals surface area contributed by atoms with E-state index in [4.69, 9.17) is 0 Å². The predicted molar refractivity (Wildman–Crippen MR) is 115 cm³/mol. The van der Waals surface area contributed by atoms with Gasteiger partial charge in [-0.25, -0.2) is 0 Å². The number of fused-ring (bicyclic) bond motifs is 1. The highest BCUT2D eigenvalue weighted by Gasteiger charge is 2.07. The molecule has 0 radical (unpaired) electrons. The molecule has 5 heteroatoms. The van der Waals surface area contributed by atoms with Crippen LogP contribution in [0.5, 0.6) is 5.88 Å². The van der Waals surface area contributed by atoms with Gasteiger partial charge in [0.1, 0.15) is 0 Å². The Morgan fingerprint density at radius 1 is 1.07 bits per heavy atom. The van der Waals surface area contributed by atoms with Crippen molar-refractivity contribution < 1.29 is 5.11 Å². The van der Waals surface area contributed by atoms with Crippen LogP contribution in [0.4, 0.5) is 11.4 Å². The SMILES string of the molecule is CCN(CC)CCCNc1ccc(N=Cc2c(O)[nH]c3ccccc23)cc1. The van der Waals surface area contributed by atoms with Crippen LogP contribution in [0.15, 0.2) is 53.5 Å². The van der Waals surface area contributed by atoms with Gasteiger partial charge in [0.25, 0.3) is 0 Å². The molecule has 0 aliphatic rings. The Hall–Kier alpha value is -2.79. The molecule has 5 nitrogen and oxygen atoms in total. The fourth-order valence-corrected chi connectivity index (χ4v) is 3.16. The number of aromatic hydroxyl groups is 1. The van der Waals surface area contributed by atoms with Crippen molar-refractivity contribution in [3.8, 4) is 5.88 Å². The van der Waals surface area contributed by atoms with Crippen LogP contribution in [0.3, 0.4) is 0 Å². The van der Waals surface area contributed by atoms with E-state index < -0.39 is 0 Å². The van der Waals surface area contributed by atoms with Crippen molar-refractivity contribution in [1.82, 2.24) is 9.88 Å². The number of rotatable bonds is 9. The number of H-pyrrole nitrogens is 1. The zero-order valence-electron chi connectivity index (χ0n) is 16.1. The number of aliphatic imine (C=N–C) groups is 1. The summed E-state index contributed by atoms with van der Waals surface area (Å²) in [5.74, 6) is 0.145. The van der Waals surface area contributed by atoms with E-state index in [0.29, 0.717) is 5.56 Å². The lowest BCUT2D eigenvalue weighted by molar-refractivity contribution is 0.303. The second kappa shape index (κ2) is 9.24. The van der Waals surface area contributed by atoms with Crippen LogP contribution in [0.2, 0.25) is 0 Å². The first-order valence-electron chi connectivity index (χ1n) is 9.61. The van der Waals surface area contributed by atoms with Crippen molar-refractivity contribution in [3.63, 3.8) is 0 Å². The van der Waals surface area contributed by atoms with Gasteiger partial charge in [-0.15, -0.1) is 0 Å². The zero-order valence-corrected chi connectivity index (χ0v) is 16.1. The number of benzene rings is 2. The van der Waals surface area contributed by atoms with Gasteiger partial charge in [0.15, 0.2) is 5.88 Å². The summed E-state index contributed by atoms with van der Waals surface area (Å²) in [6.45, 7) is 8.70. The average molecular weight is 364 g/mol. The van der Waals surface area contributed by atoms with Crippen molar-refractivity contribution in [1.29, 1.82) is 0 Å². The third-order valence-electron chi connectivity index (χ3n) is 4.81. The molecule has 0 amide bonds. The Labute approximate surface area is 160 Å². The van der Waals surface area contributed by atoms with Crippen molar-refractivity contribution in [3.05, 3.63) is 54.1 Å². The second-order valence-electron chi connectivity index (χ2n) is 6.55. The van der Waals surface area contributed by atoms with Crippen LogP contribution >= 0.6 is 0 Å². The van der Waals surface area contributed by atoms with Gasteiger partial charge in [0.05, 0.1) is 11.3 Å². The number of aromatic nitrogens is 1. The molecule has 0 fully saturated rings. The maximum atomic E-state index is 10.1. The Morgan fingerprint density at radius 3 is 2.56 bits per heavy atom. The number of hydrogen-bond donors (Lipinski definition) is 3. The van der Waals surface area contributed by atoms with Gasteiger partial charge in [-0.1, -0.05) is 32.0 Å². The average Bonchev–Trinajstić information content (AvgIpc) is 3.02. The molecule has 0 saturated carbocycles. The number of aromatic amines is 1. The maximum Gasteiger partial charge on any atom is 0.198 e. The highest BCUT2D eigenvalue weighted by atomic mass is 16.3. The van der Waals surface area contributed by atoms with Crippen molar-refractivity contribution in [2.75, 3.05) is 31.5 Å². The van der Waals surface area contributed by atoms with E-state index in [-0.39, 0.29) is 5.88 Å². The van der Waals surface area contributed by atoms with Crippen LogP contribution in [-0.4, -0.2) is 47.4 Å². The standard InChI is InChI=1S/C22H28N4O/c1-3-26(4-2)15-7-14-23-17-10-12-18(13-11-17)24-16-20-19-8-5-6-9-21(19)25-22(20)27/h5-6,8-13,16,23,25,27H,3-4,7,14-15H2,1-2H3. The lowest BCUT2D eigenvalue weighted by Gasteiger charge is -2.17. The first-order valence-corrected chi connectivity index (χ1v) is 9.61. The molecule has 0 aliphatic heterocycles. The van der Waals surface area contributed by atoms with Crippen molar-refractivity contribution >= 4 is 28.5 Å². The van der Waals surface area contributed by atoms with Gasteiger partial charge in [0, 0.05) is 29.3 Å². The van der Waals surface area contributed by atoms with E-state index in [1.54, 1.807) is 6.21 Å². The van der Waals surface area contributed by atoms with Crippen LogP contribution in [0.25, 0.3) is 10.9 Å². The summed E-state index contributed by atoms with van der Waals surface area (Å²) in [4.78, 5) is 9.90. The first-order chi connectivity index (χ1) is 13.2. The second-order valence-corrected chi connectivity index (χ2v) is 6.55. The molecular weight excluding hydrogens is 336 g/mol. The molecular formula is C22H28N4O. The monoisotopic (exact) mass is 364 g/mol. The van der Waals surface area contributed by atoms with Gasteiger partial charge in [-0.05, 0) is 56.4 Å². The Kier molecular flexibility index (Phi) is 6.49. The van der Waals surface area contributed by atoms with E-state index >= 15 is 0 Å². The molecule has 1 aromatic heterocycles. The highest BCUT2D eigenvalue weighted by molar-refractivity contribution is 6.02. The fraction of sp³-hybridized carbons (Fsp3) is 0.318. The molecule has 2 aromatic carbocycles. The van der Waals surface area contributed by atoms with Crippen molar-refractivity contribution in [2.45, 2.75) is 20.3 Å². The quantitative estimate of drug-likeness (QED) is 0.379. The molecule has 0 spiro atoms. The minimum Gasteiger partial charge on any atom is -0.494 e. The predicted octanol–water partition coefficient (Wildman–Crippen LogP) is 4.77. The number of para-hydroxylation sites is 1. The summed E-state index contributed by atoms with van der Waals surface area (Å²) in [7, 11) is 0. The van der Waals surface area contributed by atoms with E-state index in [9.17, 15) is 5.11 Å². The van der Waals surface area contributed by atoms with Gasteiger partial charge in [-0.3, -0.25) is 4.99 Å². The zero-order chi connectivity index (χ0) is 19.1. The lowest BCUT2D eigenvalue weighted by Crippen LogP contribution is -2.25. The van der Waals surface area contributed by atoms with Gasteiger partial charge in [0.2, 0.25) is 0 Å². The molecule has 1 heterocycles. The van der Waals surface area contributed by atoms with Crippen molar-refractivity contribution in [2.24, 2.45) is 4.99 Å². The molecule has 3 aromatic rings. The molecule has 142 valence electrons. The summed E-state index contributed by atoms with van der Waals surface area (Å²) in [6.07, 6.45) is 2.84. The molecule has 0 unspecified atom stereocenters. The number of hydrogen-bond acceptors (Lipinski definition) is 4. The van der Waals surface area contributed by atoms with Crippen LogP contribution in [0, 0.1) is 0 Å². The summed E-state index contributed by atoms with van der Waals surface area (Å²) in [6, 6.07) is 15.8. The van der Waals surface area contributed by atoms with Gasteiger partial charge < -0.3 is 20.3 Å². The highest BCUT2D eigenvalue weighted by Crippen LogP contribution is 2.26. The normalized spacial score (nSPS) is 11.7. The van der Waals surface area contributed by atoms with Crippen LogP contribution < -0.4 is 5.32 Å². The topological polar surface area (TPSA) is 63.6 Å². The molecule has 27 heavy (non-hydrogen) atoms. The summed E-state index contributed by atoms with van der Waals surface area (Å²) in [5.41, 5.74) is 3.57. The Balaban J connectivity index is 1.57. The number of nitrogens with zero attached hydrogens (tertiary/aromatic N) is 2. The summed E-state index contributed by atoms with van der Waals surface area (Å²) >= 11 is 0. The minimum atomic E-state index is 0.145. The molecule has 0 saturated heterocycles. The summed E-state index contributed by atoms with van der Waals surface area (Å²) < 4.78 is 0. The third-order valence-corrected chi connectivity index (χ3v) is 4.81. The Bertz CT molecular complexity index is 879. The third kappa shape index (κ3) is 4.89. The van der Waals surface area contributed by atoms with Crippen LogP contribution in [-0.2, 0) is 0 Å². The largest absolute Gasteiger partial charge is 0.494 e. The van der Waals surface area contributed by atoms with E-state index in [1.165, 1.54) is 0 Å². The minimum absolute atomic E-state index is 0.145. The van der Waals surface area contributed by atoms with E-state index in [2.05, 4.69) is 34.0 Å². The van der Waals surface area contributed by atoms with Gasteiger partial charge >= 0.3 is 0 Å².